The highest BCUT2D eigenvalue weighted by molar-refractivity contribution is 7.11. The molecule has 0 aliphatic carbocycles. The third-order valence-corrected chi connectivity index (χ3v) is 3.36. The molecule has 1 unspecified atom stereocenters. The van der Waals surface area contributed by atoms with Crippen molar-refractivity contribution in [2.75, 3.05) is 20.3 Å². The largest absolute Gasteiger partial charge is 0.381 e. The molecule has 1 fully saturated rings. The Bertz CT molecular complexity index is 268. The number of rotatable bonds is 3. The molecule has 1 atom stereocenters. The van der Waals surface area contributed by atoms with Crippen molar-refractivity contribution in [1.82, 2.24) is 10.3 Å². The summed E-state index contributed by atoms with van der Waals surface area (Å²) in [6, 6.07) is 0. The molecule has 1 aliphatic rings. The molecule has 0 saturated carbocycles. The van der Waals surface area contributed by atoms with Crippen molar-refractivity contribution in [2.45, 2.75) is 18.9 Å². The zero-order valence-corrected chi connectivity index (χ0v) is 8.56. The van der Waals surface area contributed by atoms with Gasteiger partial charge >= 0.3 is 0 Å². The van der Waals surface area contributed by atoms with Crippen LogP contribution in [0.25, 0.3) is 0 Å². The highest BCUT2D eigenvalue weighted by atomic mass is 32.1. The maximum Gasteiger partial charge on any atom is 0.0982 e. The van der Waals surface area contributed by atoms with Gasteiger partial charge in [0.05, 0.1) is 11.6 Å². The Morgan fingerprint density at radius 2 is 2.69 bits per heavy atom. The minimum atomic E-state index is 0.551. The lowest BCUT2D eigenvalue weighted by Gasteiger charge is -2.00. The van der Waals surface area contributed by atoms with Gasteiger partial charge in [0.25, 0.3) is 0 Å². The van der Waals surface area contributed by atoms with E-state index in [1.54, 1.807) is 11.3 Å². The first kappa shape index (κ1) is 9.12. The van der Waals surface area contributed by atoms with Gasteiger partial charge in [-0.05, 0) is 13.5 Å². The highest BCUT2D eigenvalue weighted by Crippen LogP contribution is 2.28. The second-order valence-corrected chi connectivity index (χ2v) is 4.40. The van der Waals surface area contributed by atoms with E-state index in [0.29, 0.717) is 5.92 Å². The number of aromatic nitrogens is 1. The molecule has 0 amide bonds. The lowest BCUT2D eigenvalue weighted by molar-refractivity contribution is 0.194. The van der Waals surface area contributed by atoms with E-state index < -0.39 is 0 Å². The van der Waals surface area contributed by atoms with Crippen LogP contribution in [0.15, 0.2) is 6.20 Å². The Labute approximate surface area is 82.1 Å². The van der Waals surface area contributed by atoms with Crippen molar-refractivity contribution in [3.8, 4) is 0 Å². The zero-order chi connectivity index (χ0) is 9.10. The van der Waals surface area contributed by atoms with Gasteiger partial charge in [0.2, 0.25) is 0 Å². The van der Waals surface area contributed by atoms with Gasteiger partial charge in [0.15, 0.2) is 0 Å². The first-order valence-electron chi connectivity index (χ1n) is 4.57. The Morgan fingerprint density at radius 1 is 1.77 bits per heavy atom. The third kappa shape index (κ3) is 2.07. The van der Waals surface area contributed by atoms with Gasteiger partial charge in [0.1, 0.15) is 0 Å². The maximum atomic E-state index is 5.33. The van der Waals surface area contributed by atoms with Gasteiger partial charge in [-0.25, -0.2) is 4.98 Å². The second-order valence-electron chi connectivity index (χ2n) is 3.26. The predicted octanol–water partition coefficient (Wildman–Crippen LogP) is 1.37. The summed E-state index contributed by atoms with van der Waals surface area (Å²) in [7, 11) is 1.96. The van der Waals surface area contributed by atoms with Crippen LogP contribution in [-0.2, 0) is 11.3 Å². The summed E-state index contributed by atoms with van der Waals surface area (Å²) in [6.07, 6.45) is 3.10. The fourth-order valence-electron chi connectivity index (χ4n) is 1.50. The smallest absolute Gasteiger partial charge is 0.0982 e. The average Bonchev–Trinajstić information content (AvgIpc) is 2.70. The minimum absolute atomic E-state index is 0.551. The van der Waals surface area contributed by atoms with Crippen molar-refractivity contribution in [1.29, 1.82) is 0 Å². The molecule has 0 aromatic carbocycles. The number of ether oxygens (including phenoxy) is 1. The molecule has 13 heavy (non-hydrogen) atoms. The van der Waals surface area contributed by atoms with Gasteiger partial charge in [-0.1, -0.05) is 0 Å². The van der Waals surface area contributed by atoms with Crippen molar-refractivity contribution in [3.05, 3.63) is 16.1 Å². The van der Waals surface area contributed by atoms with E-state index in [4.69, 9.17) is 4.74 Å². The van der Waals surface area contributed by atoms with Crippen molar-refractivity contribution in [2.24, 2.45) is 0 Å². The van der Waals surface area contributed by atoms with Crippen LogP contribution in [0, 0.1) is 0 Å². The summed E-state index contributed by atoms with van der Waals surface area (Å²) in [5.41, 5.74) is 0. The molecule has 1 aromatic rings. The summed E-state index contributed by atoms with van der Waals surface area (Å²) in [4.78, 5) is 5.72. The molecule has 0 radical (unpaired) electrons. The van der Waals surface area contributed by atoms with Crippen LogP contribution in [0.4, 0.5) is 0 Å². The van der Waals surface area contributed by atoms with E-state index >= 15 is 0 Å². The van der Waals surface area contributed by atoms with Gasteiger partial charge in [-0.2, -0.15) is 0 Å². The van der Waals surface area contributed by atoms with E-state index in [1.807, 2.05) is 13.2 Å². The van der Waals surface area contributed by atoms with Crippen LogP contribution in [0.3, 0.4) is 0 Å². The Hall–Kier alpha value is -0.450. The summed E-state index contributed by atoms with van der Waals surface area (Å²) in [5.74, 6) is 0.551. The quantitative estimate of drug-likeness (QED) is 0.796. The lowest BCUT2D eigenvalue weighted by atomic mass is 10.1. The molecular weight excluding hydrogens is 184 g/mol. The SMILES string of the molecule is CNCc1cnc(C2CCOC2)s1. The van der Waals surface area contributed by atoms with E-state index in [0.717, 1.165) is 26.2 Å². The van der Waals surface area contributed by atoms with Crippen LogP contribution >= 0.6 is 11.3 Å². The first-order valence-corrected chi connectivity index (χ1v) is 5.38. The highest BCUT2D eigenvalue weighted by Gasteiger charge is 2.20. The summed E-state index contributed by atoms with van der Waals surface area (Å²) >= 11 is 1.80. The molecule has 3 nitrogen and oxygen atoms in total. The maximum absolute atomic E-state index is 5.33. The standard InChI is InChI=1S/C9H14N2OS/c1-10-4-8-5-11-9(13-8)7-2-3-12-6-7/h5,7,10H,2-4,6H2,1H3. The van der Waals surface area contributed by atoms with Crippen LogP contribution in [0.5, 0.6) is 0 Å². The lowest BCUT2D eigenvalue weighted by Crippen LogP contribution is -2.02. The molecule has 2 rings (SSSR count). The first-order chi connectivity index (χ1) is 6.40. The second kappa shape index (κ2) is 4.17. The number of hydrogen-bond donors (Lipinski definition) is 1. The average molecular weight is 198 g/mol. The fourth-order valence-corrected chi connectivity index (χ4v) is 2.55. The predicted molar refractivity (Wildman–Crippen MR) is 53.1 cm³/mol. The van der Waals surface area contributed by atoms with Crippen molar-refractivity contribution in [3.63, 3.8) is 0 Å². The number of nitrogens with one attached hydrogen (secondary N) is 1. The molecule has 2 heterocycles. The normalized spacial score (nSPS) is 22.4. The Morgan fingerprint density at radius 3 is 3.38 bits per heavy atom. The Balaban J connectivity index is 2.03. The van der Waals surface area contributed by atoms with E-state index in [2.05, 4.69) is 10.3 Å². The van der Waals surface area contributed by atoms with Crippen LogP contribution in [-0.4, -0.2) is 25.2 Å². The molecule has 1 aliphatic heterocycles. The molecular formula is C9H14N2OS. The molecule has 0 spiro atoms. The summed E-state index contributed by atoms with van der Waals surface area (Å²) in [5, 5.41) is 4.37. The monoisotopic (exact) mass is 198 g/mol. The summed E-state index contributed by atoms with van der Waals surface area (Å²) in [6.45, 7) is 2.67. The molecule has 1 N–H and O–H groups in total. The van der Waals surface area contributed by atoms with Gasteiger partial charge in [-0.3, -0.25) is 0 Å². The number of hydrogen-bond acceptors (Lipinski definition) is 4. The molecule has 72 valence electrons. The van der Waals surface area contributed by atoms with Crippen molar-refractivity contribution >= 4 is 11.3 Å². The summed E-state index contributed by atoms with van der Waals surface area (Å²) < 4.78 is 5.33. The molecule has 0 bridgehead atoms. The van der Waals surface area contributed by atoms with Crippen LogP contribution in [0.2, 0.25) is 0 Å². The topological polar surface area (TPSA) is 34.2 Å². The van der Waals surface area contributed by atoms with Gasteiger partial charge < -0.3 is 10.1 Å². The zero-order valence-electron chi connectivity index (χ0n) is 7.75. The molecule has 4 heteroatoms. The van der Waals surface area contributed by atoms with E-state index in [1.165, 1.54) is 9.88 Å². The van der Waals surface area contributed by atoms with Crippen LogP contribution in [0.1, 0.15) is 22.2 Å². The Kier molecular flexibility index (Phi) is 2.93. The van der Waals surface area contributed by atoms with E-state index in [-0.39, 0.29) is 0 Å². The minimum Gasteiger partial charge on any atom is -0.381 e. The number of nitrogens with zero attached hydrogens (tertiary/aromatic N) is 1. The fraction of sp³-hybridized carbons (Fsp3) is 0.667. The van der Waals surface area contributed by atoms with Gasteiger partial charge in [-0.15, -0.1) is 11.3 Å². The molecule has 1 aromatic heterocycles. The van der Waals surface area contributed by atoms with E-state index in [9.17, 15) is 0 Å². The molecule has 1 saturated heterocycles. The van der Waals surface area contributed by atoms with Crippen LogP contribution < -0.4 is 5.32 Å². The third-order valence-electron chi connectivity index (χ3n) is 2.20. The number of thiazole rings is 1. The van der Waals surface area contributed by atoms with Gasteiger partial charge in [0, 0.05) is 30.1 Å². The van der Waals surface area contributed by atoms with Crippen molar-refractivity contribution < 1.29 is 4.74 Å².